The summed E-state index contributed by atoms with van der Waals surface area (Å²) in [6.45, 7) is 3.19. The van der Waals surface area contributed by atoms with E-state index in [4.69, 9.17) is 27.9 Å². The van der Waals surface area contributed by atoms with Crippen molar-refractivity contribution in [3.05, 3.63) is 57.6 Å². The molecule has 1 amide bonds. The topological polar surface area (TPSA) is 75.6 Å². The van der Waals surface area contributed by atoms with Crippen molar-refractivity contribution in [1.82, 2.24) is 0 Å². The molecule has 0 spiro atoms. The number of rotatable bonds is 4. The summed E-state index contributed by atoms with van der Waals surface area (Å²) in [5, 5.41) is 13.0. The molecular formula is C17H15Cl2NO4. The summed E-state index contributed by atoms with van der Waals surface area (Å²) in [6, 6.07) is 9.14. The first-order valence-electron chi connectivity index (χ1n) is 7.04. The van der Waals surface area contributed by atoms with Gasteiger partial charge in [-0.3, -0.25) is 4.79 Å². The van der Waals surface area contributed by atoms with Gasteiger partial charge in [0.25, 0.3) is 5.91 Å². The Hall–Kier alpha value is -2.24. The molecule has 5 nitrogen and oxygen atoms in total. The Morgan fingerprint density at radius 2 is 1.88 bits per heavy atom. The molecule has 2 aromatic rings. The van der Waals surface area contributed by atoms with Crippen LogP contribution in [0.5, 0.6) is 5.75 Å². The third kappa shape index (κ3) is 4.40. The first kappa shape index (κ1) is 18.1. The number of aryl methyl sites for hydroxylation is 1. The lowest BCUT2D eigenvalue weighted by Gasteiger charge is -2.15. The average molecular weight is 368 g/mol. The fourth-order valence-electron chi connectivity index (χ4n) is 1.92. The van der Waals surface area contributed by atoms with Crippen LogP contribution in [-0.2, 0) is 9.53 Å². The smallest absolute Gasteiger partial charge is 0.342 e. The second-order valence-corrected chi connectivity index (χ2v) is 6.03. The van der Waals surface area contributed by atoms with Gasteiger partial charge in [-0.2, -0.15) is 0 Å². The number of esters is 1. The Bertz CT molecular complexity index is 792. The number of benzene rings is 2. The van der Waals surface area contributed by atoms with Gasteiger partial charge in [-0.25, -0.2) is 4.79 Å². The maximum Gasteiger partial charge on any atom is 0.342 e. The first-order valence-corrected chi connectivity index (χ1v) is 7.80. The zero-order valence-corrected chi connectivity index (χ0v) is 14.5. The lowest BCUT2D eigenvalue weighted by atomic mass is 10.1. The highest BCUT2D eigenvalue weighted by Crippen LogP contribution is 2.26. The van der Waals surface area contributed by atoms with Crippen LogP contribution in [0.15, 0.2) is 36.4 Å². The Balaban J connectivity index is 2.05. The third-order valence-electron chi connectivity index (χ3n) is 3.21. The molecule has 7 heteroatoms. The van der Waals surface area contributed by atoms with E-state index in [-0.39, 0.29) is 16.3 Å². The lowest BCUT2D eigenvalue weighted by Crippen LogP contribution is -2.30. The molecule has 2 aromatic carbocycles. The molecule has 0 aromatic heterocycles. The van der Waals surface area contributed by atoms with Crippen molar-refractivity contribution in [3.8, 4) is 5.75 Å². The highest BCUT2D eigenvalue weighted by molar-refractivity contribution is 6.36. The standard InChI is InChI=1S/C17H15Cl2NO4/c1-9-3-6-15(21)12(7-9)17(23)24-10(2)16(22)20-14-5-4-11(18)8-13(14)19/h3-8,10,21H,1-2H3,(H,20,22)/t10-/m1/s1. The number of hydrogen-bond donors (Lipinski definition) is 2. The minimum Gasteiger partial charge on any atom is -0.507 e. The third-order valence-corrected chi connectivity index (χ3v) is 3.76. The van der Waals surface area contributed by atoms with Crippen LogP contribution in [0.3, 0.4) is 0 Å². The SMILES string of the molecule is Cc1ccc(O)c(C(=O)O[C@H](C)C(=O)Nc2ccc(Cl)cc2Cl)c1. The molecule has 0 heterocycles. The molecule has 0 saturated heterocycles. The van der Waals surface area contributed by atoms with E-state index in [9.17, 15) is 14.7 Å². The maximum atomic E-state index is 12.1. The molecule has 0 aliphatic carbocycles. The molecule has 24 heavy (non-hydrogen) atoms. The van der Waals surface area contributed by atoms with Gasteiger partial charge in [-0.05, 0) is 44.2 Å². The van der Waals surface area contributed by atoms with E-state index in [2.05, 4.69) is 5.32 Å². The van der Waals surface area contributed by atoms with Crippen molar-refractivity contribution in [1.29, 1.82) is 0 Å². The second-order valence-electron chi connectivity index (χ2n) is 5.18. The van der Waals surface area contributed by atoms with E-state index in [0.717, 1.165) is 5.56 Å². The van der Waals surface area contributed by atoms with Crippen LogP contribution >= 0.6 is 23.2 Å². The second kappa shape index (κ2) is 7.55. The number of phenols is 1. The largest absolute Gasteiger partial charge is 0.507 e. The van der Waals surface area contributed by atoms with Crippen LogP contribution in [0.1, 0.15) is 22.8 Å². The van der Waals surface area contributed by atoms with Crippen LogP contribution in [-0.4, -0.2) is 23.1 Å². The monoisotopic (exact) mass is 367 g/mol. The van der Waals surface area contributed by atoms with E-state index in [1.807, 2.05) is 0 Å². The number of anilines is 1. The van der Waals surface area contributed by atoms with Crippen LogP contribution in [0.25, 0.3) is 0 Å². The highest BCUT2D eigenvalue weighted by atomic mass is 35.5. The number of ether oxygens (including phenoxy) is 1. The minimum atomic E-state index is -1.08. The molecule has 2 rings (SSSR count). The average Bonchev–Trinajstić information content (AvgIpc) is 2.52. The van der Waals surface area contributed by atoms with Crippen LogP contribution in [0, 0.1) is 6.92 Å². The molecule has 0 unspecified atom stereocenters. The zero-order valence-electron chi connectivity index (χ0n) is 13.0. The normalized spacial score (nSPS) is 11.7. The predicted molar refractivity (Wildman–Crippen MR) is 92.8 cm³/mol. The molecule has 126 valence electrons. The number of phenolic OH excluding ortho intramolecular Hbond substituents is 1. The molecular weight excluding hydrogens is 353 g/mol. The minimum absolute atomic E-state index is 0.000764. The number of halogens is 2. The number of amides is 1. The van der Waals surface area contributed by atoms with Gasteiger partial charge < -0.3 is 15.2 Å². The van der Waals surface area contributed by atoms with E-state index < -0.39 is 18.0 Å². The van der Waals surface area contributed by atoms with Crippen molar-refractivity contribution in [2.24, 2.45) is 0 Å². The van der Waals surface area contributed by atoms with Gasteiger partial charge in [0.1, 0.15) is 11.3 Å². The number of nitrogens with one attached hydrogen (secondary N) is 1. The van der Waals surface area contributed by atoms with Gasteiger partial charge in [0.15, 0.2) is 6.10 Å². The summed E-state index contributed by atoms with van der Waals surface area (Å²) in [7, 11) is 0. The van der Waals surface area contributed by atoms with E-state index in [0.29, 0.717) is 10.7 Å². The first-order chi connectivity index (χ1) is 11.3. The number of aromatic hydroxyl groups is 1. The summed E-state index contributed by atoms with van der Waals surface area (Å²) in [5.41, 5.74) is 1.14. The van der Waals surface area contributed by atoms with E-state index in [1.165, 1.54) is 25.1 Å². The summed E-state index contributed by atoms with van der Waals surface area (Å²) < 4.78 is 5.09. The van der Waals surface area contributed by atoms with Crippen LogP contribution < -0.4 is 5.32 Å². The van der Waals surface area contributed by atoms with Crippen LogP contribution in [0.2, 0.25) is 10.0 Å². The van der Waals surface area contributed by atoms with Crippen molar-refractivity contribution in [2.45, 2.75) is 20.0 Å². The summed E-state index contributed by atoms with van der Waals surface area (Å²) in [4.78, 5) is 24.2. The molecule has 1 atom stereocenters. The lowest BCUT2D eigenvalue weighted by molar-refractivity contribution is -0.123. The van der Waals surface area contributed by atoms with E-state index >= 15 is 0 Å². The molecule has 0 aliphatic heterocycles. The summed E-state index contributed by atoms with van der Waals surface area (Å²) in [5.74, 6) is -1.56. The fraction of sp³-hybridized carbons (Fsp3) is 0.176. The van der Waals surface area contributed by atoms with Crippen molar-refractivity contribution in [2.75, 3.05) is 5.32 Å². The van der Waals surface area contributed by atoms with Crippen molar-refractivity contribution >= 4 is 40.8 Å². The Kier molecular flexibility index (Phi) is 5.70. The van der Waals surface area contributed by atoms with Gasteiger partial charge in [-0.15, -0.1) is 0 Å². The summed E-state index contributed by atoms with van der Waals surface area (Å²) in [6.07, 6.45) is -1.08. The van der Waals surface area contributed by atoms with Crippen molar-refractivity contribution < 1.29 is 19.4 Å². The Morgan fingerprint density at radius 1 is 1.17 bits per heavy atom. The van der Waals surface area contributed by atoms with Crippen LogP contribution in [0.4, 0.5) is 5.69 Å². The molecule has 0 radical (unpaired) electrons. The highest BCUT2D eigenvalue weighted by Gasteiger charge is 2.21. The van der Waals surface area contributed by atoms with Crippen molar-refractivity contribution in [3.63, 3.8) is 0 Å². The summed E-state index contributed by atoms with van der Waals surface area (Å²) >= 11 is 11.8. The molecule has 0 saturated carbocycles. The maximum absolute atomic E-state index is 12.1. The molecule has 0 aliphatic rings. The number of carbonyl (C=O) groups excluding carboxylic acids is 2. The predicted octanol–water partition coefficient (Wildman–Crippen LogP) is 4.19. The van der Waals surface area contributed by atoms with Gasteiger partial charge in [0.2, 0.25) is 0 Å². The number of hydrogen-bond acceptors (Lipinski definition) is 4. The molecule has 2 N–H and O–H groups in total. The number of carbonyl (C=O) groups is 2. The van der Waals surface area contributed by atoms with Gasteiger partial charge in [0.05, 0.1) is 10.7 Å². The Labute approximate surface area is 149 Å². The fourth-order valence-corrected chi connectivity index (χ4v) is 2.37. The van der Waals surface area contributed by atoms with E-state index in [1.54, 1.807) is 25.1 Å². The molecule has 0 bridgehead atoms. The van der Waals surface area contributed by atoms with Gasteiger partial charge >= 0.3 is 5.97 Å². The Morgan fingerprint density at radius 3 is 2.54 bits per heavy atom. The molecule has 0 fully saturated rings. The quantitative estimate of drug-likeness (QED) is 0.794. The van der Waals surface area contributed by atoms with Gasteiger partial charge in [0, 0.05) is 5.02 Å². The zero-order chi connectivity index (χ0) is 17.9. The van der Waals surface area contributed by atoms with Gasteiger partial charge in [-0.1, -0.05) is 34.8 Å².